The highest BCUT2D eigenvalue weighted by Gasteiger charge is 2.24. The Kier molecular flexibility index (Phi) is 3.00. The van der Waals surface area contributed by atoms with Crippen molar-refractivity contribution in [2.24, 2.45) is 0 Å². The van der Waals surface area contributed by atoms with E-state index in [4.69, 9.17) is 0 Å². The van der Waals surface area contributed by atoms with Crippen LogP contribution < -0.4 is 0 Å². The highest BCUT2D eigenvalue weighted by Crippen LogP contribution is 2.28. The number of hydrogen-bond acceptors (Lipinski definition) is 1. The van der Waals surface area contributed by atoms with Crippen LogP contribution in [0.25, 0.3) is 0 Å². The molecule has 0 aromatic heterocycles. The minimum absolute atomic E-state index is 0.227. The molecule has 0 spiro atoms. The van der Waals surface area contributed by atoms with Crippen molar-refractivity contribution >= 4 is 0 Å². The van der Waals surface area contributed by atoms with Gasteiger partial charge in [-0.05, 0) is 31.1 Å². The molecule has 1 unspecified atom stereocenters. The van der Waals surface area contributed by atoms with E-state index in [1.54, 1.807) is 6.07 Å². The van der Waals surface area contributed by atoms with E-state index in [0.29, 0.717) is 5.56 Å². The zero-order valence-corrected chi connectivity index (χ0v) is 8.84. The summed E-state index contributed by atoms with van der Waals surface area (Å²) in [6.07, 6.45) is 0.969. The van der Waals surface area contributed by atoms with E-state index >= 15 is 0 Å². The molecule has 82 valence electrons. The van der Waals surface area contributed by atoms with Gasteiger partial charge in [0.15, 0.2) is 0 Å². The predicted molar refractivity (Wildman–Crippen MR) is 55.8 cm³/mol. The first-order valence-corrected chi connectivity index (χ1v) is 5.38. The van der Waals surface area contributed by atoms with Crippen molar-refractivity contribution in [2.75, 3.05) is 19.6 Å². The molecule has 1 aliphatic heterocycles. The number of halogens is 2. The van der Waals surface area contributed by atoms with Crippen molar-refractivity contribution in [3.8, 4) is 0 Å². The molecule has 1 nitrogen and oxygen atoms in total. The molecule has 15 heavy (non-hydrogen) atoms. The molecule has 1 saturated heterocycles. The summed E-state index contributed by atoms with van der Waals surface area (Å²) in [6.45, 7) is 5.00. The van der Waals surface area contributed by atoms with E-state index < -0.39 is 11.6 Å². The van der Waals surface area contributed by atoms with E-state index in [9.17, 15) is 8.78 Å². The lowest BCUT2D eigenvalue weighted by Gasteiger charge is -2.13. The largest absolute Gasteiger partial charge is 0.303 e. The maximum absolute atomic E-state index is 13.5. The number of rotatable bonds is 2. The van der Waals surface area contributed by atoms with E-state index in [-0.39, 0.29) is 5.92 Å². The van der Waals surface area contributed by atoms with Crippen molar-refractivity contribution < 1.29 is 8.78 Å². The van der Waals surface area contributed by atoms with Crippen molar-refractivity contribution in [1.82, 2.24) is 4.90 Å². The van der Waals surface area contributed by atoms with Gasteiger partial charge in [0.25, 0.3) is 0 Å². The number of likely N-dealkylation sites (N-methyl/N-ethyl adjacent to an activating group) is 1. The van der Waals surface area contributed by atoms with Gasteiger partial charge in [0.1, 0.15) is 11.6 Å². The molecule has 2 rings (SSSR count). The lowest BCUT2D eigenvalue weighted by atomic mass is 9.98. The Bertz CT molecular complexity index is 351. The van der Waals surface area contributed by atoms with Crippen molar-refractivity contribution in [3.63, 3.8) is 0 Å². The molecular weight excluding hydrogens is 196 g/mol. The molecule has 0 aliphatic carbocycles. The van der Waals surface area contributed by atoms with Crippen molar-refractivity contribution in [2.45, 2.75) is 19.3 Å². The molecule has 0 radical (unpaired) electrons. The van der Waals surface area contributed by atoms with Crippen LogP contribution in [0.4, 0.5) is 8.78 Å². The first-order chi connectivity index (χ1) is 7.20. The summed E-state index contributed by atoms with van der Waals surface area (Å²) >= 11 is 0. The van der Waals surface area contributed by atoms with Crippen LogP contribution in [0.2, 0.25) is 0 Å². The third-order valence-corrected chi connectivity index (χ3v) is 3.12. The molecule has 1 aliphatic rings. The molecule has 3 heteroatoms. The smallest absolute Gasteiger partial charge is 0.129 e. The third-order valence-electron chi connectivity index (χ3n) is 3.12. The van der Waals surface area contributed by atoms with E-state index in [2.05, 4.69) is 11.8 Å². The van der Waals surface area contributed by atoms with E-state index in [0.717, 1.165) is 32.1 Å². The van der Waals surface area contributed by atoms with Gasteiger partial charge in [-0.3, -0.25) is 0 Å². The van der Waals surface area contributed by atoms with Crippen LogP contribution in [-0.4, -0.2) is 24.5 Å². The van der Waals surface area contributed by atoms with Crippen LogP contribution in [0, 0.1) is 11.6 Å². The van der Waals surface area contributed by atoms with Crippen LogP contribution in [-0.2, 0) is 0 Å². The first-order valence-electron chi connectivity index (χ1n) is 5.38. The fraction of sp³-hybridized carbons (Fsp3) is 0.500. The SMILES string of the molecule is CCN1CCC(c2ccc(F)cc2F)C1. The highest BCUT2D eigenvalue weighted by molar-refractivity contribution is 5.24. The summed E-state index contributed by atoms with van der Waals surface area (Å²) in [5.74, 6) is -0.676. The minimum atomic E-state index is -0.499. The number of nitrogens with zero attached hydrogens (tertiary/aromatic N) is 1. The van der Waals surface area contributed by atoms with Gasteiger partial charge in [-0.15, -0.1) is 0 Å². The summed E-state index contributed by atoms with van der Waals surface area (Å²) in [5, 5.41) is 0. The second-order valence-corrected chi connectivity index (χ2v) is 4.04. The number of hydrogen-bond donors (Lipinski definition) is 0. The molecule has 1 aromatic rings. The summed E-state index contributed by atoms with van der Waals surface area (Å²) in [6, 6.07) is 3.89. The lowest BCUT2D eigenvalue weighted by Crippen LogP contribution is -2.19. The second kappa shape index (κ2) is 4.27. The zero-order valence-electron chi connectivity index (χ0n) is 8.84. The van der Waals surface area contributed by atoms with Gasteiger partial charge in [0.05, 0.1) is 0 Å². The summed E-state index contributed by atoms with van der Waals surface area (Å²) < 4.78 is 26.2. The second-order valence-electron chi connectivity index (χ2n) is 4.04. The van der Waals surface area contributed by atoms with Gasteiger partial charge < -0.3 is 4.90 Å². The molecule has 0 amide bonds. The van der Waals surface area contributed by atoms with Crippen LogP contribution in [0.3, 0.4) is 0 Å². The predicted octanol–water partition coefficient (Wildman–Crippen LogP) is 2.77. The monoisotopic (exact) mass is 211 g/mol. The molecule has 0 saturated carbocycles. The molecule has 1 heterocycles. The van der Waals surface area contributed by atoms with Crippen molar-refractivity contribution in [3.05, 3.63) is 35.4 Å². The standard InChI is InChI=1S/C12H15F2N/c1-2-15-6-5-9(8-15)11-4-3-10(13)7-12(11)14/h3-4,7,9H,2,5-6,8H2,1H3. The Labute approximate surface area is 88.7 Å². The maximum Gasteiger partial charge on any atom is 0.129 e. The lowest BCUT2D eigenvalue weighted by molar-refractivity contribution is 0.353. The Hall–Kier alpha value is -0.960. The molecule has 1 atom stereocenters. The van der Waals surface area contributed by atoms with E-state index in [1.165, 1.54) is 6.07 Å². The van der Waals surface area contributed by atoms with Crippen LogP contribution in [0.1, 0.15) is 24.8 Å². The normalized spacial score (nSPS) is 22.2. The van der Waals surface area contributed by atoms with Gasteiger partial charge in [0.2, 0.25) is 0 Å². The minimum Gasteiger partial charge on any atom is -0.303 e. The molecule has 0 N–H and O–H groups in total. The Morgan fingerprint density at radius 1 is 1.40 bits per heavy atom. The fourth-order valence-electron chi connectivity index (χ4n) is 2.21. The number of likely N-dealkylation sites (tertiary alicyclic amines) is 1. The summed E-state index contributed by atoms with van der Waals surface area (Å²) in [5.41, 5.74) is 0.660. The van der Waals surface area contributed by atoms with Crippen LogP contribution >= 0.6 is 0 Å². The number of benzene rings is 1. The van der Waals surface area contributed by atoms with Gasteiger partial charge in [-0.25, -0.2) is 8.78 Å². The molecule has 1 fully saturated rings. The highest BCUT2D eigenvalue weighted by atomic mass is 19.1. The maximum atomic E-state index is 13.5. The van der Waals surface area contributed by atoms with Gasteiger partial charge in [-0.2, -0.15) is 0 Å². The third kappa shape index (κ3) is 2.17. The summed E-state index contributed by atoms with van der Waals surface area (Å²) in [7, 11) is 0. The van der Waals surface area contributed by atoms with Gasteiger partial charge in [-0.1, -0.05) is 13.0 Å². The van der Waals surface area contributed by atoms with Crippen molar-refractivity contribution in [1.29, 1.82) is 0 Å². The first kappa shape index (κ1) is 10.6. The zero-order chi connectivity index (χ0) is 10.8. The van der Waals surface area contributed by atoms with Gasteiger partial charge in [0, 0.05) is 18.5 Å². The van der Waals surface area contributed by atoms with Crippen LogP contribution in [0.5, 0.6) is 0 Å². The average molecular weight is 211 g/mol. The Morgan fingerprint density at radius 3 is 2.80 bits per heavy atom. The van der Waals surface area contributed by atoms with Gasteiger partial charge >= 0.3 is 0 Å². The quantitative estimate of drug-likeness (QED) is 0.727. The molecule has 1 aromatic carbocycles. The van der Waals surface area contributed by atoms with E-state index in [1.807, 2.05) is 0 Å². The topological polar surface area (TPSA) is 3.24 Å². The fourth-order valence-corrected chi connectivity index (χ4v) is 2.21. The summed E-state index contributed by atoms with van der Waals surface area (Å²) in [4.78, 5) is 2.29. The van der Waals surface area contributed by atoms with Crippen LogP contribution in [0.15, 0.2) is 18.2 Å². The Morgan fingerprint density at radius 2 is 2.20 bits per heavy atom. The average Bonchev–Trinajstić information content (AvgIpc) is 2.66. The molecular formula is C12H15F2N. The molecule has 0 bridgehead atoms. The Balaban J connectivity index is 2.17.